The van der Waals surface area contributed by atoms with Gasteiger partial charge >= 0.3 is 7.60 Å². The SMILES string of the molecule is CCOP(=O)(O)Cc1ccccc1OC(C)C. The average Bonchev–Trinajstić information content (AvgIpc) is 2.19. The number of rotatable bonds is 6. The second-order valence-corrected chi connectivity index (χ2v) is 5.84. The van der Waals surface area contributed by atoms with E-state index in [9.17, 15) is 9.46 Å². The van der Waals surface area contributed by atoms with Crippen LogP contribution in [0.15, 0.2) is 24.3 Å². The Morgan fingerprint density at radius 2 is 2.00 bits per heavy atom. The Morgan fingerprint density at radius 3 is 2.59 bits per heavy atom. The van der Waals surface area contributed by atoms with E-state index in [0.717, 1.165) is 0 Å². The zero-order chi connectivity index (χ0) is 12.9. The van der Waals surface area contributed by atoms with Crippen molar-refractivity contribution in [3.63, 3.8) is 0 Å². The van der Waals surface area contributed by atoms with Crippen molar-refractivity contribution in [2.75, 3.05) is 6.61 Å². The molecule has 96 valence electrons. The van der Waals surface area contributed by atoms with E-state index in [4.69, 9.17) is 9.26 Å². The summed E-state index contributed by atoms with van der Waals surface area (Å²) in [6, 6.07) is 7.22. The van der Waals surface area contributed by atoms with Crippen LogP contribution in [0.5, 0.6) is 5.75 Å². The molecule has 1 atom stereocenters. The third-order valence-corrected chi connectivity index (χ3v) is 3.44. The lowest BCUT2D eigenvalue weighted by molar-refractivity contribution is 0.238. The van der Waals surface area contributed by atoms with Gasteiger partial charge in [-0.1, -0.05) is 18.2 Å². The van der Waals surface area contributed by atoms with E-state index < -0.39 is 7.60 Å². The molecule has 0 saturated heterocycles. The standard InChI is InChI=1S/C12H19O4P/c1-4-15-17(13,14)9-11-7-5-6-8-12(11)16-10(2)3/h5-8,10H,4,9H2,1-3H3,(H,13,14). The molecule has 0 aromatic heterocycles. The second kappa shape index (κ2) is 6.20. The van der Waals surface area contributed by atoms with Gasteiger partial charge in [-0.3, -0.25) is 4.57 Å². The molecule has 1 rings (SSSR count). The fourth-order valence-corrected chi connectivity index (χ4v) is 2.65. The highest BCUT2D eigenvalue weighted by molar-refractivity contribution is 7.51. The van der Waals surface area contributed by atoms with Crippen LogP contribution < -0.4 is 4.74 Å². The van der Waals surface area contributed by atoms with Crippen LogP contribution in [0.3, 0.4) is 0 Å². The summed E-state index contributed by atoms with van der Waals surface area (Å²) in [5, 5.41) is 0. The molecule has 1 N–H and O–H groups in total. The van der Waals surface area contributed by atoms with Gasteiger partial charge in [-0.15, -0.1) is 0 Å². The predicted octanol–water partition coefficient (Wildman–Crippen LogP) is 3.20. The van der Waals surface area contributed by atoms with Crippen LogP contribution in [0.2, 0.25) is 0 Å². The second-order valence-electron chi connectivity index (χ2n) is 3.99. The summed E-state index contributed by atoms with van der Waals surface area (Å²) in [5.41, 5.74) is 0.695. The zero-order valence-electron chi connectivity index (χ0n) is 10.4. The van der Waals surface area contributed by atoms with Crippen LogP contribution >= 0.6 is 7.60 Å². The molecule has 0 spiro atoms. The van der Waals surface area contributed by atoms with Crippen molar-refractivity contribution >= 4 is 7.60 Å². The Hall–Kier alpha value is -0.830. The molecular weight excluding hydrogens is 239 g/mol. The molecule has 0 amide bonds. The molecule has 0 radical (unpaired) electrons. The van der Waals surface area contributed by atoms with Crippen LogP contribution in [0.25, 0.3) is 0 Å². The van der Waals surface area contributed by atoms with Crippen molar-refractivity contribution < 1.29 is 18.7 Å². The summed E-state index contributed by atoms with van der Waals surface area (Å²) in [6.45, 7) is 5.75. The minimum absolute atomic E-state index is 0.0241. The lowest BCUT2D eigenvalue weighted by Gasteiger charge is -2.16. The molecular formula is C12H19O4P. The van der Waals surface area contributed by atoms with E-state index >= 15 is 0 Å². The number of benzene rings is 1. The maximum absolute atomic E-state index is 11.7. The Bertz CT molecular complexity index is 403. The van der Waals surface area contributed by atoms with Gasteiger partial charge in [-0.05, 0) is 26.8 Å². The molecule has 17 heavy (non-hydrogen) atoms. The first kappa shape index (κ1) is 14.2. The third-order valence-electron chi connectivity index (χ3n) is 2.04. The normalized spacial score (nSPS) is 14.6. The van der Waals surface area contributed by atoms with Crippen molar-refractivity contribution in [2.24, 2.45) is 0 Å². The number of para-hydroxylation sites is 1. The minimum Gasteiger partial charge on any atom is -0.491 e. The summed E-state index contributed by atoms with van der Waals surface area (Å²) in [4.78, 5) is 9.60. The molecule has 1 aromatic carbocycles. The summed E-state index contributed by atoms with van der Waals surface area (Å²) in [5.74, 6) is 0.636. The quantitative estimate of drug-likeness (QED) is 0.796. The molecule has 5 heteroatoms. The smallest absolute Gasteiger partial charge is 0.332 e. The maximum atomic E-state index is 11.7. The first-order valence-corrected chi connectivity index (χ1v) is 7.42. The highest BCUT2D eigenvalue weighted by Crippen LogP contribution is 2.47. The van der Waals surface area contributed by atoms with Crippen molar-refractivity contribution in [1.29, 1.82) is 0 Å². The molecule has 0 bridgehead atoms. The summed E-state index contributed by atoms with van der Waals surface area (Å²) in [6.07, 6.45) is 0.00493. The highest BCUT2D eigenvalue weighted by atomic mass is 31.2. The Kier molecular flexibility index (Phi) is 5.19. The molecule has 1 unspecified atom stereocenters. The van der Waals surface area contributed by atoms with Crippen molar-refractivity contribution in [1.82, 2.24) is 0 Å². The largest absolute Gasteiger partial charge is 0.491 e. The van der Waals surface area contributed by atoms with Gasteiger partial charge in [0.1, 0.15) is 5.75 Å². The maximum Gasteiger partial charge on any atom is 0.332 e. The Morgan fingerprint density at radius 1 is 1.35 bits per heavy atom. The Balaban J connectivity index is 2.86. The van der Waals surface area contributed by atoms with Crippen LogP contribution in [-0.4, -0.2) is 17.6 Å². The first-order valence-electron chi connectivity index (χ1n) is 5.65. The lowest BCUT2D eigenvalue weighted by atomic mass is 10.2. The number of hydrogen-bond donors (Lipinski definition) is 1. The number of hydrogen-bond acceptors (Lipinski definition) is 3. The van der Waals surface area contributed by atoms with Gasteiger partial charge in [-0.25, -0.2) is 0 Å². The van der Waals surface area contributed by atoms with Gasteiger partial charge in [0.05, 0.1) is 18.9 Å². The number of ether oxygens (including phenoxy) is 1. The average molecular weight is 258 g/mol. The molecule has 1 aromatic rings. The van der Waals surface area contributed by atoms with E-state index in [2.05, 4.69) is 0 Å². The lowest BCUT2D eigenvalue weighted by Crippen LogP contribution is -2.07. The van der Waals surface area contributed by atoms with Crippen LogP contribution in [0.1, 0.15) is 26.3 Å². The van der Waals surface area contributed by atoms with E-state index in [1.807, 2.05) is 26.0 Å². The summed E-state index contributed by atoms with van der Waals surface area (Å²) < 4.78 is 22.1. The topological polar surface area (TPSA) is 55.8 Å². The molecule has 0 aliphatic heterocycles. The fourth-order valence-electron chi connectivity index (χ4n) is 1.47. The van der Waals surface area contributed by atoms with E-state index in [-0.39, 0.29) is 18.9 Å². The Labute approximate surface area is 102 Å². The van der Waals surface area contributed by atoms with Crippen LogP contribution in [-0.2, 0) is 15.3 Å². The molecule has 0 aliphatic rings. The molecule has 0 saturated carbocycles. The van der Waals surface area contributed by atoms with E-state index in [1.165, 1.54) is 0 Å². The van der Waals surface area contributed by atoms with Crippen molar-refractivity contribution in [2.45, 2.75) is 33.0 Å². The molecule has 0 fully saturated rings. The van der Waals surface area contributed by atoms with E-state index in [1.54, 1.807) is 19.1 Å². The van der Waals surface area contributed by atoms with Gasteiger partial charge in [0.2, 0.25) is 0 Å². The first-order chi connectivity index (χ1) is 7.94. The van der Waals surface area contributed by atoms with Gasteiger partial charge < -0.3 is 14.2 Å². The van der Waals surface area contributed by atoms with Crippen molar-refractivity contribution in [3.05, 3.63) is 29.8 Å². The van der Waals surface area contributed by atoms with Crippen molar-refractivity contribution in [3.8, 4) is 5.75 Å². The predicted molar refractivity (Wildman–Crippen MR) is 67.4 cm³/mol. The monoisotopic (exact) mass is 258 g/mol. The van der Waals surface area contributed by atoms with Gasteiger partial charge in [0.15, 0.2) is 0 Å². The molecule has 4 nitrogen and oxygen atoms in total. The molecule has 0 heterocycles. The van der Waals surface area contributed by atoms with Gasteiger partial charge in [0, 0.05) is 5.56 Å². The fraction of sp³-hybridized carbons (Fsp3) is 0.500. The van der Waals surface area contributed by atoms with E-state index in [0.29, 0.717) is 11.3 Å². The summed E-state index contributed by atoms with van der Waals surface area (Å²) in [7, 11) is -3.56. The third kappa shape index (κ3) is 4.90. The highest BCUT2D eigenvalue weighted by Gasteiger charge is 2.21. The minimum atomic E-state index is -3.56. The summed E-state index contributed by atoms with van der Waals surface area (Å²) >= 11 is 0. The molecule has 0 aliphatic carbocycles. The zero-order valence-corrected chi connectivity index (χ0v) is 11.3. The van der Waals surface area contributed by atoms with Crippen LogP contribution in [0.4, 0.5) is 0 Å². The van der Waals surface area contributed by atoms with Gasteiger partial charge in [-0.2, -0.15) is 0 Å². The van der Waals surface area contributed by atoms with Gasteiger partial charge in [0.25, 0.3) is 0 Å². The van der Waals surface area contributed by atoms with Crippen LogP contribution in [0, 0.1) is 0 Å².